The highest BCUT2D eigenvalue weighted by molar-refractivity contribution is 7.17. The summed E-state index contributed by atoms with van der Waals surface area (Å²) in [6.45, 7) is 13.6. The third-order valence-corrected chi connectivity index (χ3v) is 5.46. The third-order valence-electron chi connectivity index (χ3n) is 4.41. The number of hydrogen-bond donors (Lipinski definition) is 1. The monoisotopic (exact) mass is 366 g/mol. The first-order valence-electron chi connectivity index (χ1n) is 9.34. The molecule has 2 nitrogen and oxygen atoms in total. The van der Waals surface area contributed by atoms with Gasteiger partial charge in [-0.15, -0.1) is 0 Å². The Hall–Kier alpha value is -1.87. The molecule has 0 fully saturated rings. The number of thiazole rings is 1. The lowest BCUT2D eigenvalue weighted by Crippen LogP contribution is -2.35. The van der Waals surface area contributed by atoms with Crippen LogP contribution in [0.25, 0.3) is 16.8 Å². The predicted octanol–water partition coefficient (Wildman–Crippen LogP) is 7.17. The molecule has 0 amide bonds. The van der Waals surface area contributed by atoms with Crippen molar-refractivity contribution in [3.8, 4) is 11.3 Å². The number of nitrogens with zero attached hydrogens (tertiary/aromatic N) is 1. The zero-order valence-corrected chi connectivity index (χ0v) is 17.6. The van der Waals surface area contributed by atoms with E-state index in [2.05, 4.69) is 89.3 Å². The molecule has 3 heteroatoms. The lowest BCUT2D eigenvalue weighted by atomic mass is 9.82. The molecule has 0 bridgehead atoms. The van der Waals surface area contributed by atoms with Gasteiger partial charge in [-0.2, -0.15) is 0 Å². The first-order chi connectivity index (χ1) is 12.1. The van der Waals surface area contributed by atoms with Gasteiger partial charge >= 0.3 is 0 Å². The Morgan fingerprint density at radius 1 is 1.04 bits per heavy atom. The van der Waals surface area contributed by atoms with E-state index in [1.807, 2.05) is 0 Å². The molecule has 0 aliphatic heterocycles. The molecule has 0 saturated heterocycles. The largest absolute Gasteiger partial charge is 0.370 e. The van der Waals surface area contributed by atoms with Gasteiger partial charge in [-0.3, -0.25) is 0 Å². The maximum Gasteiger partial charge on any atom is 0.122 e. The maximum atomic E-state index is 5.03. The molecule has 0 atom stereocenters. The van der Waals surface area contributed by atoms with E-state index in [4.69, 9.17) is 4.98 Å². The van der Waals surface area contributed by atoms with Crippen molar-refractivity contribution in [2.45, 2.75) is 59.9 Å². The second-order valence-corrected chi connectivity index (χ2v) is 10.2. The molecule has 3 rings (SSSR count). The summed E-state index contributed by atoms with van der Waals surface area (Å²) in [6.07, 6.45) is 6.51. The molecule has 1 N–H and O–H groups in total. The molecule has 1 aliphatic rings. The highest BCUT2D eigenvalue weighted by Crippen LogP contribution is 2.41. The van der Waals surface area contributed by atoms with E-state index < -0.39 is 0 Å². The Kier molecular flexibility index (Phi) is 5.12. The van der Waals surface area contributed by atoms with E-state index in [0.717, 1.165) is 23.5 Å². The van der Waals surface area contributed by atoms with E-state index >= 15 is 0 Å². The molecule has 1 aromatic carbocycles. The molecular weight excluding hydrogens is 336 g/mol. The normalized spacial score (nSPS) is 15.0. The molecule has 0 saturated carbocycles. The van der Waals surface area contributed by atoms with E-state index in [-0.39, 0.29) is 11.0 Å². The molecule has 26 heavy (non-hydrogen) atoms. The van der Waals surface area contributed by atoms with Crippen molar-refractivity contribution in [3.63, 3.8) is 0 Å². The highest BCUT2D eigenvalue weighted by Gasteiger charge is 2.28. The van der Waals surface area contributed by atoms with Gasteiger partial charge in [0.15, 0.2) is 0 Å². The molecule has 1 aromatic heterocycles. The molecule has 1 heterocycles. The van der Waals surface area contributed by atoms with Gasteiger partial charge in [-0.05, 0) is 44.6 Å². The number of allylic oxidation sites excluding steroid dienone is 4. The minimum absolute atomic E-state index is 0.00378. The van der Waals surface area contributed by atoms with Gasteiger partial charge in [0.2, 0.25) is 0 Å². The third kappa shape index (κ3) is 4.64. The van der Waals surface area contributed by atoms with Crippen molar-refractivity contribution in [2.24, 2.45) is 5.41 Å². The highest BCUT2D eigenvalue weighted by atomic mass is 32.1. The van der Waals surface area contributed by atoms with E-state index in [9.17, 15) is 0 Å². The number of hydrogen-bond acceptors (Lipinski definition) is 3. The standard InChI is InChI=1S/C23H30N2S/c1-16-12-13-18(14-16)20-24-19(17-10-8-7-9-11-17)21(26-20)25-23(5,6)15-22(2,3)4/h7-13,25H,14-15H2,1-6H3. The van der Waals surface area contributed by atoms with Crippen LogP contribution in [-0.2, 0) is 0 Å². The fourth-order valence-corrected chi connectivity index (χ4v) is 5.01. The molecule has 0 unspecified atom stereocenters. The topological polar surface area (TPSA) is 24.9 Å². The van der Waals surface area contributed by atoms with Crippen LogP contribution in [0.5, 0.6) is 0 Å². The van der Waals surface area contributed by atoms with Crippen molar-refractivity contribution in [3.05, 3.63) is 53.1 Å². The van der Waals surface area contributed by atoms with Gasteiger partial charge in [-0.1, -0.05) is 80.2 Å². The molecule has 2 aromatic rings. The van der Waals surface area contributed by atoms with Crippen LogP contribution in [0.2, 0.25) is 0 Å². The fourth-order valence-electron chi connectivity index (χ4n) is 3.82. The maximum absolute atomic E-state index is 5.03. The summed E-state index contributed by atoms with van der Waals surface area (Å²) in [5.41, 5.74) is 5.24. The molecule has 0 radical (unpaired) electrons. The number of aromatic nitrogens is 1. The van der Waals surface area contributed by atoms with E-state index in [1.165, 1.54) is 21.7 Å². The lowest BCUT2D eigenvalue weighted by molar-refractivity contribution is 0.303. The summed E-state index contributed by atoms with van der Waals surface area (Å²) in [5.74, 6) is 0. The Bertz CT molecular complexity index is 833. The molecule has 0 spiro atoms. The van der Waals surface area contributed by atoms with Crippen molar-refractivity contribution < 1.29 is 0 Å². The molecule has 1 aliphatic carbocycles. The first-order valence-corrected chi connectivity index (χ1v) is 10.2. The number of anilines is 1. The summed E-state index contributed by atoms with van der Waals surface area (Å²) < 4.78 is 0. The molecule has 138 valence electrons. The van der Waals surface area contributed by atoms with Gasteiger partial charge in [-0.25, -0.2) is 4.98 Å². The Balaban J connectivity index is 1.96. The van der Waals surface area contributed by atoms with Crippen molar-refractivity contribution >= 4 is 21.9 Å². The van der Waals surface area contributed by atoms with Crippen LogP contribution in [0.4, 0.5) is 5.00 Å². The van der Waals surface area contributed by atoms with E-state index in [1.54, 1.807) is 11.3 Å². The number of nitrogens with one attached hydrogen (secondary N) is 1. The van der Waals surface area contributed by atoms with Crippen LogP contribution in [0.1, 0.15) is 59.4 Å². The van der Waals surface area contributed by atoms with Crippen LogP contribution in [0, 0.1) is 5.41 Å². The average molecular weight is 367 g/mol. The quantitative estimate of drug-likeness (QED) is 0.606. The smallest absolute Gasteiger partial charge is 0.122 e. The second-order valence-electron chi connectivity index (χ2n) is 9.19. The zero-order valence-electron chi connectivity index (χ0n) is 16.8. The van der Waals surface area contributed by atoms with Gasteiger partial charge in [0.25, 0.3) is 0 Å². The summed E-state index contributed by atoms with van der Waals surface area (Å²) >= 11 is 1.78. The van der Waals surface area contributed by atoms with Crippen molar-refractivity contribution in [1.82, 2.24) is 4.98 Å². The SMILES string of the molecule is CC1=CC=C(c2nc(-c3ccccc3)c(NC(C)(C)CC(C)(C)C)s2)C1. The lowest BCUT2D eigenvalue weighted by Gasteiger charge is -2.33. The summed E-state index contributed by atoms with van der Waals surface area (Å²) in [6, 6.07) is 10.5. The Morgan fingerprint density at radius 3 is 2.31 bits per heavy atom. The van der Waals surface area contributed by atoms with Crippen LogP contribution < -0.4 is 5.32 Å². The average Bonchev–Trinajstić information content (AvgIpc) is 3.11. The summed E-state index contributed by atoms with van der Waals surface area (Å²) in [5, 5.41) is 6.11. The van der Waals surface area contributed by atoms with Gasteiger partial charge < -0.3 is 5.32 Å². The number of rotatable bonds is 5. The van der Waals surface area contributed by atoms with Crippen LogP contribution in [0.15, 0.2) is 48.1 Å². The summed E-state index contributed by atoms with van der Waals surface area (Å²) in [7, 11) is 0. The summed E-state index contributed by atoms with van der Waals surface area (Å²) in [4.78, 5) is 5.03. The fraction of sp³-hybridized carbons (Fsp3) is 0.435. The predicted molar refractivity (Wildman–Crippen MR) is 116 cm³/mol. The van der Waals surface area contributed by atoms with Crippen LogP contribution in [0.3, 0.4) is 0 Å². The Morgan fingerprint density at radius 2 is 1.73 bits per heavy atom. The van der Waals surface area contributed by atoms with Gasteiger partial charge in [0.1, 0.15) is 15.7 Å². The van der Waals surface area contributed by atoms with Crippen molar-refractivity contribution in [2.75, 3.05) is 5.32 Å². The van der Waals surface area contributed by atoms with E-state index in [0.29, 0.717) is 0 Å². The van der Waals surface area contributed by atoms with Gasteiger partial charge in [0, 0.05) is 11.1 Å². The van der Waals surface area contributed by atoms with Crippen LogP contribution >= 0.6 is 11.3 Å². The zero-order chi connectivity index (χ0) is 18.9. The molecular formula is C23H30N2S. The minimum atomic E-state index is 0.00378. The van der Waals surface area contributed by atoms with Crippen LogP contribution in [-0.4, -0.2) is 10.5 Å². The second kappa shape index (κ2) is 7.03. The number of benzene rings is 1. The Labute approximate surface area is 162 Å². The van der Waals surface area contributed by atoms with Gasteiger partial charge in [0.05, 0.1) is 0 Å². The minimum Gasteiger partial charge on any atom is -0.370 e. The van der Waals surface area contributed by atoms with Crippen molar-refractivity contribution in [1.29, 1.82) is 0 Å². The first kappa shape index (κ1) is 18.9.